The number of aromatic nitrogens is 2. The Morgan fingerprint density at radius 1 is 1.44 bits per heavy atom. The van der Waals surface area contributed by atoms with Crippen molar-refractivity contribution in [2.45, 2.75) is 6.92 Å². The monoisotopic (exact) mass is 311 g/mol. The highest BCUT2D eigenvalue weighted by Gasteiger charge is 2.18. The Kier molecular flexibility index (Phi) is 3.21. The Morgan fingerprint density at radius 2 is 2.11 bits per heavy atom. The molecule has 2 aromatic rings. The number of anilines is 1. The van der Waals surface area contributed by atoms with Crippen LogP contribution in [0.2, 0.25) is 0 Å². The summed E-state index contributed by atoms with van der Waals surface area (Å²) in [5.74, 6) is 1.05. The standard InChI is InChI=1S/C12H14BrN3O2/c1-6-4-8(17)12(18-3)11(13)10(6)7-5-9(14)16(2)15-7/h4-5,17H,14H2,1-3H3. The molecule has 5 nitrogen and oxygen atoms in total. The molecule has 3 N–H and O–H groups in total. The van der Waals surface area contributed by atoms with Gasteiger partial charge in [0, 0.05) is 18.7 Å². The molecule has 1 aromatic heterocycles. The Bertz CT molecular complexity index is 588. The second-order valence-electron chi connectivity index (χ2n) is 4.01. The Hall–Kier alpha value is -1.69. The van der Waals surface area contributed by atoms with E-state index in [4.69, 9.17) is 10.5 Å². The number of rotatable bonds is 2. The number of nitrogens with zero attached hydrogens (tertiary/aromatic N) is 2. The van der Waals surface area contributed by atoms with E-state index < -0.39 is 0 Å². The van der Waals surface area contributed by atoms with Crippen LogP contribution < -0.4 is 10.5 Å². The first kappa shape index (κ1) is 12.8. The molecule has 0 aliphatic carbocycles. The van der Waals surface area contributed by atoms with Crippen molar-refractivity contribution in [3.63, 3.8) is 0 Å². The summed E-state index contributed by atoms with van der Waals surface area (Å²) in [6, 6.07) is 3.42. The molecule has 0 saturated heterocycles. The largest absolute Gasteiger partial charge is 0.504 e. The summed E-state index contributed by atoms with van der Waals surface area (Å²) < 4.78 is 7.43. The minimum Gasteiger partial charge on any atom is -0.504 e. The SMILES string of the molecule is COc1c(O)cc(C)c(-c2cc(N)n(C)n2)c1Br. The van der Waals surface area contributed by atoms with Crippen molar-refractivity contribution in [1.29, 1.82) is 0 Å². The van der Waals surface area contributed by atoms with Crippen LogP contribution in [0.25, 0.3) is 11.3 Å². The third-order valence-electron chi connectivity index (χ3n) is 2.78. The minimum atomic E-state index is 0.0922. The van der Waals surface area contributed by atoms with Gasteiger partial charge in [-0.3, -0.25) is 4.68 Å². The summed E-state index contributed by atoms with van der Waals surface area (Å²) in [7, 11) is 3.28. The third-order valence-corrected chi connectivity index (χ3v) is 3.53. The van der Waals surface area contributed by atoms with Gasteiger partial charge in [-0.15, -0.1) is 0 Å². The fraction of sp³-hybridized carbons (Fsp3) is 0.250. The lowest BCUT2D eigenvalue weighted by atomic mass is 10.0. The van der Waals surface area contributed by atoms with E-state index in [2.05, 4.69) is 21.0 Å². The number of benzene rings is 1. The van der Waals surface area contributed by atoms with Crippen LogP contribution in [0.1, 0.15) is 5.56 Å². The highest BCUT2D eigenvalue weighted by molar-refractivity contribution is 9.10. The van der Waals surface area contributed by atoms with Gasteiger partial charge in [0.05, 0.1) is 17.3 Å². The summed E-state index contributed by atoms with van der Waals surface area (Å²) in [4.78, 5) is 0. The normalized spacial score (nSPS) is 10.7. The van der Waals surface area contributed by atoms with Gasteiger partial charge >= 0.3 is 0 Å². The van der Waals surface area contributed by atoms with Crippen molar-refractivity contribution >= 4 is 21.7 Å². The van der Waals surface area contributed by atoms with Gasteiger partial charge in [0.1, 0.15) is 5.82 Å². The number of hydrogen-bond donors (Lipinski definition) is 2. The van der Waals surface area contributed by atoms with Crippen LogP contribution in [-0.4, -0.2) is 22.0 Å². The molecule has 96 valence electrons. The molecule has 0 atom stereocenters. The Balaban J connectivity index is 2.71. The van der Waals surface area contributed by atoms with Crippen LogP contribution >= 0.6 is 15.9 Å². The van der Waals surface area contributed by atoms with Gasteiger partial charge in [0.2, 0.25) is 0 Å². The highest BCUT2D eigenvalue weighted by Crippen LogP contribution is 2.43. The maximum absolute atomic E-state index is 9.80. The van der Waals surface area contributed by atoms with E-state index in [1.165, 1.54) is 7.11 Å². The predicted molar refractivity (Wildman–Crippen MR) is 73.7 cm³/mol. The number of hydrogen-bond acceptors (Lipinski definition) is 4. The lowest BCUT2D eigenvalue weighted by molar-refractivity contribution is 0.371. The van der Waals surface area contributed by atoms with Gasteiger partial charge in [-0.25, -0.2) is 0 Å². The first-order valence-electron chi connectivity index (χ1n) is 5.31. The average molecular weight is 312 g/mol. The molecule has 1 aromatic carbocycles. The molecule has 0 aliphatic heterocycles. The van der Waals surface area contributed by atoms with Gasteiger partial charge in [0.15, 0.2) is 11.5 Å². The number of halogens is 1. The molecule has 0 fully saturated rings. The summed E-state index contributed by atoms with van der Waals surface area (Å²) in [5.41, 5.74) is 8.26. The molecule has 0 radical (unpaired) electrons. The second-order valence-corrected chi connectivity index (χ2v) is 4.81. The molecule has 0 saturated carbocycles. The van der Waals surface area contributed by atoms with E-state index in [-0.39, 0.29) is 5.75 Å². The molecule has 0 spiro atoms. The maximum Gasteiger partial charge on any atom is 0.175 e. The van der Waals surface area contributed by atoms with E-state index in [1.54, 1.807) is 23.9 Å². The van der Waals surface area contributed by atoms with Crippen molar-refractivity contribution in [3.8, 4) is 22.8 Å². The first-order valence-corrected chi connectivity index (χ1v) is 6.11. The van der Waals surface area contributed by atoms with Gasteiger partial charge < -0.3 is 15.6 Å². The summed E-state index contributed by atoms with van der Waals surface area (Å²) in [6.07, 6.45) is 0. The molecule has 0 unspecified atom stereocenters. The summed E-state index contributed by atoms with van der Waals surface area (Å²) in [6.45, 7) is 1.89. The minimum absolute atomic E-state index is 0.0922. The molecule has 18 heavy (non-hydrogen) atoms. The molecular weight excluding hydrogens is 298 g/mol. The molecule has 2 rings (SSSR count). The first-order chi connectivity index (χ1) is 8.45. The van der Waals surface area contributed by atoms with Gasteiger partial charge in [0.25, 0.3) is 0 Å². The zero-order valence-electron chi connectivity index (χ0n) is 10.4. The number of methoxy groups -OCH3 is 1. The van der Waals surface area contributed by atoms with E-state index in [1.807, 2.05) is 6.92 Å². The molecule has 0 bridgehead atoms. The molecular formula is C12H14BrN3O2. The van der Waals surface area contributed by atoms with Crippen LogP contribution in [0.15, 0.2) is 16.6 Å². The number of nitrogen functional groups attached to an aromatic ring is 1. The zero-order chi connectivity index (χ0) is 13.4. The van der Waals surface area contributed by atoms with E-state index in [0.717, 1.165) is 16.8 Å². The van der Waals surface area contributed by atoms with Gasteiger partial charge in [-0.2, -0.15) is 5.10 Å². The van der Waals surface area contributed by atoms with Crippen LogP contribution in [0.5, 0.6) is 11.5 Å². The lowest BCUT2D eigenvalue weighted by Gasteiger charge is -2.12. The van der Waals surface area contributed by atoms with Crippen LogP contribution in [0.3, 0.4) is 0 Å². The topological polar surface area (TPSA) is 73.3 Å². The van der Waals surface area contributed by atoms with Crippen LogP contribution in [0.4, 0.5) is 5.82 Å². The fourth-order valence-corrected chi connectivity index (χ4v) is 2.74. The third kappa shape index (κ3) is 1.92. The number of nitrogens with two attached hydrogens (primary N) is 1. The van der Waals surface area contributed by atoms with Crippen molar-refractivity contribution < 1.29 is 9.84 Å². The number of aryl methyl sites for hydroxylation is 2. The van der Waals surface area contributed by atoms with Crippen molar-refractivity contribution in [3.05, 3.63) is 22.2 Å². The second kappa shape index (κ2) is 4.53. The van der Waals surface area contributed by atoms with E-state index in [9.17, 15) is 5.11 Å². The van der Waals surface area contributed by atoms with Crippen LogP contribution in [-0.2, 0) is 7.05 Å². The van der Waals surface area contributed by atoms with Crippen LogP contribution in [0, 0.1) is 6.92 Å². The average Bonchev–Trinajstić information content (AvgIpc) is 2.58. The molecule has 0 amide bonds. The number of phenolic OH excluding ortho intramolecular Hbond substituents is 1. The van der Waals surface area contributed by atoms with Crippen molar-refractivity contribution in [2.24, 2.45) is 7.05 Å². The quantitative estimate of drug-likeness (QED) is 0.893. The van der Waals surface area contributed by atoms with Crippen molar-refractivity contribution in [1.82, 2.24) is 9.78 Å². The van der Waals surface area contributed by atoms with Crippen molar-refractivity contribution in [2.75, 3.05) is 12.8 Å². The summed E-state index contributed by atoms with van der Waals surface area (Å²) >= 11 is 3.44. The van der Waals surface area contributed by atoms with E-state index in [0.29, 0.717) is 16.0 Å². The Morgan fingerprint density at radius 3 is 2.61 bits per heavy atom. The molecule has 6 heteroatoms. The summed E-state index contributed by atoms with van der Waals surface area (Å²) in [5, 5.41) is 14.1. The smallest absolute Gasteiger partial charge is 0.175 e. The van der Waals surface area contributed by atoms with E-state index >= 15 is 0 Å². The molecule has 1 heterocycles. The molecule has 0 aliphatic rings. The number of phenols is 1. The number of ether oxygens (including phenoxy) is 1. The zero-order valence-corrected chi connectivity index (χ0v) is 11.9. The number of aromatic hydroxyl groups is 1. The fourth-order valence-electron chi connectivity index (χ4n) is 1.85. The van der Waals surface area contributed by atoms with Gasteiger partial charge in [-0.05, 0) is 34.5 Å². The Labute approximate surface area is 113 Å². The highest BCUT2D eigenvalue weighted by atomic mass is 79.9. The maximum atomic E-state index is 9.80. The lowest BCUT2D eigenvalue weighted by Crippen LogP contribution is -1.97. The van der Waals surface area contributed by atoms with Gasteiger partial charge in [-0.1, -0.05) is 0 Å². The predicted octanol–water partition coefficient (Wildman–Crippen LogP) is 2.45.